The fourth-order valence-electron chi connectivity index (χ4n) is 4.35. The van der Waals surface area contributed by atoms with Gasteiger partial charge in [-0.3, -0.25) is 0 Å². The Morgan fingerprint density at radius 1 is 1.00 bits per heavy atom. The van der Waals surface area contributed by atoms with Gasteiger partial charge in [-0.1, -0.05) is 0 Å². The van der Waals surface area contributed by atoms with Crippen molar-refractivity contribution in [2.75, 3.05) is 45.2 Å². The zero-order valence-corrected chi connectivity index (χ0v) is 20.2. The predicted molar refractivity (Wildman–Crippen MR) is 129 cm³/mol. The third kappa shape index (κ3) is 3.75. The quantitative estimate of drug-likeness (QED) is 0.448. The fraction of sp³-hybridized carbons (Fsp3) is 0.478. The summed E-state index contributed by atoms with van der Waals surface area (Å²) in [4.78, 5) is 8.52. The third-order valence-corrected chi connectivity index (χ3v) is 9.83. The summed E-state index contributed by atoms with van der Waals surface area (Å²) in [5.74, 6) is 0. The molecule has 1 saturated heterocycles. The topological polar surface area (TPSA) is 56.5 Å². The third-order valence-electron chi connectivity index (χ3n) is 6.37. The monoisotopic (exact) mass is 457 g/mol. The highest BCUT2D eigenvalue weighted by molar-refractivity contribution is 7.90. The molecular formula is C23H29N4O2S2+. The highest BCUT2D eigenvalue weighted by Gasteiger charge is 2.41. The van der Waals surface area contributed by atoms with E-state index in [0.717, 1.165) is 48.4 Å². The van der Waals surface area contributed by atoms with Crippen LogP contribution in [0.3, 0.4) is 0 Å². The average Bonchev–Trinajstić information content (AvgIpc) is 3.58. The lowest BCUT2D eigenvalue weighted by molar-refractivity contribution is 0.384. The van der Waals surface area contributed by atoms with Crippen molar-refractivity contribution in [3.8, 4) is 10.6 Å². The first kappa shape index (κ1) is 20.8. The van der Waals surface area contributed by atoms with E-state index in [0.29, 0.717) is 13.1 Å². The highest BCUT2D eigenvalue weighted by atomic mass is 32.2. The Morgan fingerprint density at radius 2 is 1.71 bits per heavy atom. The lowest BCUT2D eigenvalue weighted by atomic mass is 10.1. The number of nitrogens with zero attached hydrogens (tertiary/aromatic N) is 4. The lowest BCUT2D eigenvalue weighted by Gasteiger charge is -2.35. The van der Waals surface area contributed by atoms with Crippen LogP contribution in [0.4, 0.5) is 5.69 Å². The molecule has 0 aromatic heterocycles. The van der Waals surface area contributed by atoms with Gasteiger partial charge in [0.25, 0.3) is 0 Å². The number of aryl methyl sites for hydroxylation is 2. The van der Waals surface area contributed by atoms with Crippen molar-refractivity contribution in [2.45, 2.75) is 31.9 Å². The largest absolute Gasteiger partial charge is 0.369 e. The molecule has 2 fully saturated rings. The summed E-state index contributed by atoms with van der Waals surface area (Å²) in [5, 5.41) is 1.06. The maximum Gasteiger partial charge on any atom is 0.217 e. The second-order valence-electron chi connectivity index (χ2n) is 8.96. The number of rotatable bonds is 3. The summed E-state index contributed by atoms with van der Waals surface area (Å²) in [6.07, 6.45) is 1.65. The van der Waals surface area contributed by atoms with Crippen LogP contribution in [0.1, 0.15) is 24.0 Å². The van der Waals surface area contributed by atoms with Crippen LogP contribution in [0.25, 0.3) is 20.8 Å². The SMILES string of the molecule is Cc1cc(=[N+](C)C)cc2sc3cc(N4CCN(S(=O)(=O)C5CC5)CC4)cc(C)c3nc1-2. The predicted octanol–water partition coefficient (Wildman–Crippen LogP) is 2.66. The molecule has 8 heteroatoms. The Balaban J connectivity index is 1.50. The van der Waals surface area contributed by atoms with Gasteiger partial charge in [0, 0.05) is 44.0 Å². The second-order valence-corrected chi connectivity index (χ2v) is 12.3. The number of hydrogen-bond acceptors (Lipinski definition) is 5. The van der Waals surface area contributed by atoms with Gasteiger partial charge in [-0.25, -0.2) is 18.0 Å². The molecular weight excluding hydrogens is 428 g/mol. The number of sulfonamides is 1. The van der Waals surface area contributed by atoms with Crippen LogP contribution < -0.4 is 14.8 Å². The van der Waals surface area contributed by atoms with Crippen molar-refractivity contribution in [3.05, 3.63) is 40.7 Å². The summed E-state index contributed by atoms with van der Waals surface area (Å²) < 4.78 is 30.1. The van der Waals surface area contributed by atoms with Crippen molar-refractivity contribution in [2.24, 2.45) is 0 Å². The number of piperazine rings is 1. The Hall–Kier alpha value is -2.03. The summed E-state index contributed by atoms with van der Waals surface area (Å²) in [7, 11) is 1.04. The number of benzene rings is 2. The zero-order chi connectivity index (χ0) is 21.9. The average molecular weight is 458 g/mol. The first-order valence-electron chi connectivity index (χ1n) is 10.8. The van der Waals surface area contributed by atoms with Crippen molar-refractivity contribution >= 4 is 37.3 Å². The number of anilines is 1. The zero-order valence-electron chi connectivity index (χ0n) is 18.6. The molecule has 6 nitrogen and oxygen atoms in total. The molecule has 0 N–H and O–H groups in total. The van der Waals surface area contributed by atoms with Gasteiger partial charge < -0.3 is 4.90 Å². The Morgan fingerprint density at radius 3 is 2.35 bits per heavy atom. The van der Waals surface area contributed by atoms with Crippen molar-refractivity contribution < 1.29 is 8.42 Å². The molecule has 2 heterocycles. The lowest BCUT2D eigenvalue weighted by Crippen LogP contribution is -2.49. The highest BCUT2D eigenvalue weighted by Crippen LogP contribution is 2.36. The van der Waals surface area contributed by atoms with Crippen LogP contribution in [-0.2, 0) is 10.0 Å². The summed E-state index contributed by atoms with van der Waals surface area (Å²) in [6, 6.07) is 8.82. The van der Waals surface area contributed by atoms with E-state index >= 15 is 0 Å². The van der Waals surface area contributed by atoms with Gasteiger partial charge >= 0.3 is 0 Å². The summed E-state index contributed by atoms with van der Waals surface area (Å²) in [5.41, 5.74) is 5.63. The molecule has 1 aromatic carbocycles. The molecule has 2 aliphatic carbocycles. The van der Waals surface area contributed by atoms with Gasteiger partial charge in [0.1, 0.15) is 14.1 Å². The fourth-order valence-corrected chi connectivity index (χ4v) is 7.38. The van der Waals surface area contributed by atoms with E-state index in [1.807, 2.05) is 0 Å². The molecule has 0 unspecified atom stereocenters. The van der Waals surface area contributed by atoms with Crippen LogP contribution in [-0.4, -0.2) is 63.2 Å². The van der Waals surface area contributed by atoms with Crippen LogP contribution in [0.5, 0.6) is 0 Å². The molecule has 0 amide bonds. The molecule has 1 aromatic rings. The number of hydrogen-bond donors (Lipinski definition) is 0. The molecule has 0 spiro atoms. The van der Waals surface area contributed by atoms with E-state index in [1.165, 1.54) is 20.5 Å². The van der Waals surface area contributed by atoms with Gasteiger partial charge in [0.2, 0.25) is 15.4 Å². The maximum atomic E-state index is 12.5. The van der Waals surface area contributed by atoms with Gasteiger partial charge in [0.15, 0.2) is 0 Å². The summed E-state index contributed by atoms with van der Waals surface area (Å²) in [6.45, 7) is 6.84. The summed E-state index contributed by atoms with van der Waals surface area (Å²) >= 11 is 1.78. The molecule has 1 saturated carbocycles. The molecule has 2 aliphatic heterocycles. The standard InChI is InChI=1S/C23H29N4O2S2/c1-15-11-17(25(3)4)13-20-22(15)24-23-16(2)12-18(14-21(23)30-20)26-7-9-27(10-8-26)31(28,29)19-5-6-19/h11-14,19H,5-10H2,1-4H3/q+1. The normalized spacial score (nSPS) is 18.1. The van der Waals surface area contributed by atoms with Crippen LogP contribution in [0, 0.1) is 13.8 Å². The minimum atomic E-state index is -3.08. The number of aromatic nitrogens is 1. The Kier molecular flexibility index (Phi) is 5.07. The molecule has 0 bridgehead atoms. The molecule has 0 atom stereocenters. The van der Waals surface area contributed by atoms with Crippen molar-refractivity contribution in [1.82, 2.24) is 13.9 Å². The van der Waals surface area contributed by atoms with Crippen LogP contribution in [0.15, 0.2) is 24.3 Å². The minimum Gasteiger partial charge on any atom is -0.369 e. The van der Waals surface area contributed by atoms with Crippen molar-refractivity contribution in [3.63, 3.8) is 0 Å². The number of fused-ring (bicyclic) bond motifs is 2. The van der Waals surface area contributed by atoms with Crippen molar-refractivity contribution in [1.29, 1.82) is 0 Å². The van der Waals surface area contributed by atoms with E-state index in [9.17, 15) is 8.42 Å². The smallest absolute Gasteiger partial charge is 0.217 e. The minimum absolute atomic E-state index is 0.126. The molecule has 4 aliphatic rings. The van der Waals surface area contributed by atoms with E-state index in [-0.39, 0.29) is 5.25 Å². The van der Waals surface area contributed by atoms with E-state index < -0.39 is 10.0 Å². The first-order chi connectivity index (χ1) is 14.7. The van der Waals surface area contributed by atoms with E-state index in [4.69, 9.17) is 4.98 Å². The molecule has 0 radical (unpaired) electrons. The molecule has 31 heavy (non-hydrogen) atoms. The Bertz CT molecular complexity index is 1310. The maximum absolute atomic E-state index is 12.5. The van der Waals surface area contributed by atoms with Gasteiger partial charge in [-0.15, -0.1) is 11.3 Å². The van der Waals surface area contributed by atoms with Gasteiger partial charge in [-0.2, -0.15) is 4.31 Å². The van der Waals surface area contributed by atoms with E-state index in [1.54, 1.807) is 15.6 Å². The van der Waals surface area contributed by atoms with Gasteiger partial charge in [0.05, 0.1) is 26.0 Å². The van der Waals surface area contributed by atoms with Gasteiger partial charge in [-0.05, 0) is 49.9 Å². The van der Waals surface area contributed by atoms with Crippen LogP contribution in [0.2, 0.25) is 0 Å². The van der Waals surface area contributed by atoms with E-state index in [2.05, 4.69) is 61.7 Å². The first-order valence-corrected chi connectivity index (χ1v) is 13.2. The molecule has 5 rings (SSSR count). The second kappa shape index (κ2) is 7.53. The Labute approximate surface area is 187 Å². The molecule has 164 valence electrons. The van der Waals surface area contributed by atoms with Crippen LogP contribution >= 0.6 is 11.3 Å².